The summed E-state index contributed by atoms with van der Waals surface area (Å²) in [5.74, 6) is 3.72. The SMILES string of the molecule is CCc1ccc(CC2CCC(Cc3ccc(CC)cc3)CC2)cc1.CCc1ccc(Cc2ccc(CC3CCC(CC)CC3)cc2)cc1. The first-order valence-corrected chi connectivity index (χ1v) is 19.8. The Bertz CT molecular complexity index is 1370. The summed E-state index contributed by atoms with van der Waals surface area (Å²) < 4.78 is 0. The highest BCUT2D eigenvalue weighted by Crippen LogP contribution is 2.34. The first-order valence-electron chi connectivity index (χ1n) is 19.8. The van der Waals surface area contributed by atoms with Gasteiger partial charge in [0.1, 0.15) is 0 Å². The van der Waals surface area contributed by atoms with Gasteiger partial charge >= 0.3 is 0 Å². The molecule has 0 aliphatic heterocycles. The molecule has 2 fully saturated rings. The van der Waals surface area contributed by atoms with Crippen LogP contribution in [0, 0.1) is 23.7 Å². The van der Waals surface area contributed by atoms with Gasteiger partial charge in [0, 0.05) is 0 Å². The quantitative estimate of drug-likeness (QED) is 0.144. The molecule has 0 amide bonds. The van der Waals surface area contributed by atoms with Crippen LogP contribution in [0.15, 0.2) is 97.1 Å². The van der Waals surface area contributed by atoms with E-state index in [0.717, 1.165) is 49.4 Å². The van der Waals surface area contributed by atoms with Crippen LogP contribution >= 0.6 is 0 Å². The Morgan fingerprint density at radius 3 is 0.792 bits per heavy atom. The van der Waals surface area contributed by atoms with Crippen LogP contribution in [0.5, 0.6) is 0 Å². The highest BCUT2D eigenvalue weighted by atomic mass is 14.3. The number of rotatable bonds is 12. The minimum absolute atomic E-state index is 0.899. The Balaban J connectivity index is 0.000000188. The van der Waals surface area contributed by atoms with Gasteiger partial charge in [-0.05, 0) is 152 Å². The molecule has 256 valence electrons. The smallest absolute Gasteiger partial charge is 0.00258 e. The van der Waals surface area contributed by atoms with Crippen molar-refractivity contribution in [3.05, 3.63) is 142 Å². The second-order valence-corrected chi connectivity index (χ2v) is 15.3. The summed E-state index contributed by atoms with van der Waals surface area (Å²) in [6, 6.07) is 37.1. The normalized spacial score (nSPS) is 20.9. The van der Waals surface area contributed by atoms with Gasteiger partial charge in [-0.15, -0.1) is 0 Å². The van der Waals surface area contributed by atoms with Crippen LogP contribution in [-0.2, 0) is 44.9 Å². The van der Waals surface area contributed by atoms with E-state index in [1.807, 2.05) is 0 Å². The number of benzene rings is 4. The third kappa shape index (κ3) is 11.5. The van der Waals surface area contributed by atoms with Gasteiger partial charge in [0.05, 0.1) is 0 Å². The summed E-state index contributed by atoms with van der Waals surface area (Å²) in [5, 5.41) is 0. The average Bonchev–Trinajstić information content (AvgIpc) is 3.15. The lowest BCUT2D eigenvalue weighted by molar-refractivity contribution is 0.268. The van der Waals surface area contributed by atoms with Crippen molar-refractivity contribution in [3.8, 4) is 0 Å². The monoisotopic (exact) mass is 641 g/mol. The van der Waals surface area contributed by atoms with E-state index >= 15 is 0 Å². The molecule has 2 aliphatic carbocycles. The lowest BCUT2D eigenvalue weighted by Gasteiger charge is -2.28. The zero-order valence-corrected chi connectivity index (χ0v) is 30.9. The molecule has 0 N–H and O–H groups in total. The lowest BCUT2D eigenvalue weighted by atomic mass is 9.77. The standard InChI is InChI=1S/2C24H32/c2*1-3-19-5-9-21(10-6-19)17-23-13-15-24(16-14-23)18-22-11-7-20(4-2)8-12-22/h5-6,9-10,13-16,20,22H,3-4,7-8,11-12,17-18H2,1-2H3;5-12,23-24H,3-4,13-18H2,1-2H3. The van der Waals surface area contributed by atoms with Crippen molar-refractivity contribution < 1.29 is 0 Å². The van der Waals surface area contributed by atoms with Crippen molar-refractivity contribution in [1.82, 2.24) is 0 Å². The molecule has 0 heterocycles. The Labute approximate surface area is 294 Å². The Hall–Kier alpha value is -3.12. The van der Waals surface area contributed by atoms with E-state index in [0.29, 0.717) is 0 Å². The van der Waals surface area contributed by atoms with Gasteiger partial charge in [0.15, 0.2) is 0 Å². The van der Waals surface area contributed by atoms with Gasteiger partial charge in [0.2, 0.25) is 0 Å². The molecule has 6 rings (SSSR count). The minimum atomic E-state index is 0.899. The van der Waals surface area contributed by atoms with Gasteiger partial charge in [0.25, 0.3) is 0 Å². The molecule has 0 nitrogen and oxygen atoms in total. The van der Waals surface area contributed by atoms with Crippen molar-refractivity contribution in [2.24, 2.45) is 23.7 Å². The zero-order chi connectivity index (χ0) is 33.6. The lowest BCUT2D eigenvalue weighted by Crippen LogP contribution is -2.18. The largest absolute Gasteiger partial charge is 0.0651 e. The number of hydrogen-bond donors (Lipinski definition) is 0. The van der Waals surface area contributed by atoms with Gasteiger partial charge in [-0.1, -0.05) is 144 Å². The zero-order valence-electron chi connectivity index (χ0n) is 30.9. The van der Waals surface area contributed by atoms with E-state index in [1.165, 1.54) is 122 Å². The summed E-state index contributed by atoms with van der Waals surface area (Å²) in [4.78, 5) is 0. The van der Waals surface area contributed by atoms with E-state index in [2.05, 4.69) is 125 Å². The highest BCUT2D eigenvalue weighted by molar-refractivity contribution is 5.31. The van der Waals surface area contributed by atoms with Crippen molar-refractivity contribution in [1.29, 1.82) is 0 Å². The second-order valence-electron chi connectivity index (χ2n) is 15.3. The summed E-state index contributed by atoms with van der Waals surface area (Å²) in [6.45, 7) is 9.01. The summed E-state index contributed by atoms with van der Waals surface area (Å²) in [7, 11) is 0. The van der Waals surface area contributed by atoms with E-state index in [4.69, 9.17) is 0 Å². The molecule has 0 aromatic heterocycles. The highest BCUT2D eigenvalue weighted by Gasteiger charge is 2.22. The molecule has 2 saturated carbocycles. The molecule has 0 heteroatoms. The summed E-state index contributed by atoms with van der Waals surface area (Å²) in [6.07, 6.45) is 21.1. The predicted molar refractivity (Wildman–Crippen MR) is 209 cm³/mol. The van der Waals surface area contributed by atoms with Crippen LogP contribution in [0.25, 0.3) is 0 Å². The molecule has 48 heavy (non-hydrogen) atoms. The molecule has 0 unspecified atom stereocenters. The van der Waals surface area contributed by atoms with Crippen LogP contribution in [0.1, 0.15) is 130 Å². The molecule has 0 spiro atoms. The fourth-order valence-electron chi connectivity index (χ4n) is 8.23. The Morgan fingerprint density at radius 1 is 0.312 bits per heavy atom. The summed E-state index contributed by atoms with van der Waals surface area (Å²) in [5.41, 5.74) is 11.8. The number of hydrogen-bond acceptors (Lipinski definition) is 0. The molecule has 0 bridgehead atoms. The van der Waals surface area contributed by atoms with Gasteiger partial charge in [-0.3, -0.25) is 0 Å². The van der Waals surface area contributed by atoms with E-state index in [9.17, 15) is 0 Å². The third-order valence-electron chi connectivity index (χ3n) is 11.8. The fraction of sp³-hybridized carbons (Fsp3) is 0.500. The maximum absolute atomic E-state index is 2.36. The van der Waals surface area contributed by atoms with Crippen LogP contribution < -0.4 is 0 Å². The van der Waals surface area contributed by atoms with Gasteiger partial charge in [-0.25, -0.2) is 0 Å². The first kappa shape index (κ1) is 36.2. The predicted octanol–water partition coefficient (Wildman–Crippen LogP) is 13.0. The van der Waals surface area contributed by atoms with Crippen LogP contribution in [0.3, 0.4) is 0 Å². The fourth-order valence-corrected chi connectivity index (χ4v) is 8.23. The average molecular weight is 641 g/mol. The van der Waals surface area contributed by atoms with E-state index in [-0.39, 0.29) is 0 Å². The van der Waals surface area contributed by atoms with Crippen LogP contribution in [-0.4, -0.2) is 0 Å². The van der Waals surface area contributed by atoms with Gasteiger partial charge in [-0.2, -0.15) is 0 Å². The van der Waals surface area contributed by atoms with Crippen molar-refractivity contribution >= 4 is 0 Å². The topological polar surface area (TPSA) is 0 Å². The molecule has 0 saturated heterocycles. The molecular formula is C48H64. The molecule has 2 aliphatic rings. The van der Waals surface area contributed by atoms with E-state index in [1.54, 1.807) is 0 Å². The van der Waals surface area contributed by atoms with Crippen LogP contribution in [0.4, 0.5) is 0 Å². The molecule has 4 aromatic carbocycles. The van der Waals surface area contributed by atoms with Gasteiger partial charge < -0.3 is 0 Å². The second kappa shape index (κ2) is 19.2. The maximum Gasteiger partial charge on any atom is -0.00258 e. The molecule has 4 aromatic rings. The van der Waals surface area contributed by atoms with Crippen molar-refractivity contribution in [2.45, 2.75) is 130 Å². The molecule has 0 atom stereocenters. The Kier molecular flexibility index (Phi) is 14.4. The molecular weight excluding hydrogens is 577 g/mol. The molecule has 0 radical (unpaired) electrons. The first-order chi connectivity index (χ1) is 23.5. The summed E-state index contributed by atoms with van der Waals surface area (Å²) >= 11 is 0. The minimum Gasteiger partial charge on any atom is -0.0651 e. The maximum atomic E-state index is 2.36. The Morgan fingerprint density at radius 2 is 0.542 bits per heavy atom. The third-order valence-corrected chi connectivity index (χ3v) is 11.8. The van der Waals surface area contributed by atoms with Crippen LogP contribution in [0.2, 0.25) is 0 Å². The van der Waals surface area contributed by atoms with Crippen molar-refractivity contribution in [3.63, 3.8) is 0 Å². The van der Waals surface area contributed by atoms with E-state index < -0.39 is 0 Å². The van der Waals surface area contributed by atoms with Crippen molar-refractivity contribution in [2.75, 3.05) is 0 Å². The number of aryl methyl sites for hydroxylation is 3.